The van der Waals surface area contributed by atoms with E-state index in [9.17, 15) is 0 Å². The van der Waals surface area contributed by atoms with Gasteiger partial charge < -0.3 is 19.9 Å². The molecule has 0 unspecified atom stereocenters. The Morgan fingerprint density at radius 1 is 1.24 bits per heavy atom. The molecule has 0 spiro atoms. The quantitative estimate of drug-likeness (QED) is 0.845. The molecule has 2 aromatic rings. The summed E-state index contributed by atoms with van der Waals surface area (Å²) in [4.78, 5) is 11.9. The first-order valence-electron chi connectivity index (χ1n) is 6.27. The maximum absolute atomic E-state index is 9.11. The van der Waals surface area contributed by atoms with Crippen LogP contribution in [0.1, 0.15) is 12.5 Å². The van der Waals surface area contributed by atoms with E-state index in [1.807, 2.05) is 6.92 Å². The zero-order valence-corrected chi connectivity index (χ0v) is 12.4. The molecule has 1 aromatic carbocycles. The van der Waals surface area contributed by atoms with Crippen molar-refractivity contribution < 1.29 is 14.6 Å². The summed E-state index contributed by atoms with van der Waals surface area (Å²) in [6.45, 7) is 2.47. The van der Waals surface area contributed by atoms with Gasteiger partial charge in [-0.1, -0.05) is 6.07 Å². The van der Waals surface area contributed by atoms with Gasteiger partial charge in [-0.15, -0.1) is 0 Å². The monoisotopic (exact) mass is 310 g/mol. The minimum absolute atomic E-state index is 0.0295. The number of nitrogens with one attached hydrogen (secondary N) is 1. The summed E-state index contributed by atoms with van der Waals surface area (Å²) in [6.07, 6.45) is 0. The predicted molar refractivity (Wildman–Crippen MR) is 78.0 cm³/mol. The minimum atomic E-state index is -0.0845. The van der Waals surface area contributed by atoms with Crippen LogP contribution in [0, 0.1) is 0 Å². The van der Waals surface area contributed by atoms with Crippen molar-refractivity contribution in [1.29, 1.82) is 0 Å². The van der Waals surface area contributed by atoms with Gasteiger partial charge in [0.15, 0.2) is 11.5 Å². The number of benzene rings is 1. The van der Waals surface area contributed by atoms with Crippen LogP contribution >= 0.6 is 11.6 Å². The lowest BCUT2D eigenvalue weighted by Gasteiger charge is -2.10. The minimum Gasteiger partial charge on any atom is -0.493 e. The van der Waals surface area contributed by atoms with Gasteiger partial charge in [-0.3, -0.25) is 0 Å². The Bertz CT molecular complexity index is 624. The number of aromatic nitrogens is 3. The van der Waals surface area contributed by atoms with Gasteiger partial charge >= 0.3 is 6.01 Å². The van der Waals surface area contributed by atoms with Crippen molar-refractivity contribution in [2.75, 3.05) is 19.0 Å². The molecule has 2 rings (SSSR count). The molecule has 112 valence electrons. The number of halogens is 1. The molecule has 0 aliphatic heterocycles. The van der Waals surface area contributed by atoms with Gasteiger partial charge in [0.25, 0.3) is 0 Å². The van der Waals surface area contributed by atoms with Gasteiger partial charge in [0.2, 0.25) is 11.2 Å². The third-order valence-electron chi connectivity index (χ3n) is 2.53. The molecule has 0 aliphatic carbocycles. The maximum atomic E-state index is 9.11. The normalized spacial score (nSPS) is 10.3. The number of hydrogen-bond acceptors (Lipinski definition) is 7. The average Bonchev–Trinajstić information content (AvgIpc) is 2.47. The number of aliphatic hydroxyl groups is 1. The number of hydrogen-bond donors (Lipinski definition) is 2. The molecule has 0 saturated heterocycles. The van der Waals surface area contributed by atoms with Gasteiger partial charge in [0, 0.05) is 6.54 Å². The Kier molecular flexibility index (Phi) is 5.13. The van der Waals surface area contributed by atoms with Crippen LogP contribution in [-0.4, -0.2) is 33.7 Å². The van der Waals surface area contributed by atoms with Crippen molar-refractivity contribution in [3.8, 4) is 17.5 Å². The number of anilines is 1. The number of ether oxygens (including phenoxy) is 2. The highest BCUT2D eigenvalue weighted by molar-refractivity contribution is 6.28. The Balaban J connectivity index is 2.29. The molecule has 1 heterocycles. The first-order chi connectivity index (χ1) is 10.2. The summed E-state index contributed by atoms with van der Waals surface area (Å²) in [5.74, 6) is 1.21. The van der Waals surface area contributed by atoms with Crippen molar-refractivity contribution in [3.05, 3.63) is 29.0 Å². The first kappa shape index (κ1) is 15.3. The lowest BCUT2D eigenvalue weighted by molar-refractivity contribution is 0.280. The third-order valence-corrected chi connectivity index (χ3v) is 2.70. The molecular formula is C13H15ClN4O3. The smallest absolute Gasteiger partial charge is 0.328 e. The van der Waals surface area contributed by atoms with Crippen LogP contribution in [0.2, 0.25) is 5.28 Å². The number of methoxy groups -OCH3 is 1. The molecule has 0 atom stereocenters. The van der Waals surface area contributed by atoms with Crippen LogP contribution < -0.4 is 14.8 Å². The highest BCUT2D eigenvalue weighted by atomic mass is 35.5. The SMILES string of the molecule is CCNc1nc(Cl)nc(Oc2ccc(CO)cc2OC)n1. The Hall–Kier alpha value is -2.12. The van der Waals surface area contributed by atoms with E-state index in [1.165, 1.54) is 7.11 Å². The van der Waals surface area contributed by atoms with E-state index in [-0.39, 0.29) is 17.9 Å². The molecule has 0 radical (unpaired) electrons. The number of nitrogens with zero attached hydrogens (tertiary/aromatic N) is 3. The zero-order valence-electron chi connectivity index (χ0n) is 11.6. The fourth-order valence-corrected chi connectivity index (χ4v) is 1.76. The fraction of sp³-hybridized carbons (Fsp3) is 0.308. The van der Waals surface area contributed by atoms with Crippen LogP contribution in [-0.2, 0) is 6.61 Å². The predicted octanol–water partition coefficient (Wildman–Crippen LogP) is 2.25. The van der Waals surface area contributed by atoms with Crippen LogP contribution in [0.15, 0.2) is 18.2 Å². The van der Waals surface area contributed by atoms with Crippen LogP contribution in [0.5, 0.6) is 17.5 Å². The van der Waals surface area contributed by atoms with Crippen molar-refractivity contribution >= 4 is 17.5 Å². The van der Waals surface area contributed by atoms with E-state index >= 15 is 0 Å². The highest BCUT2D eigenvalue weighted by Crippen LogP contribution is 2.31. The topological polar surface area (TPSA) is 89.4 Å². The molecule has 0 fully saturated rings. The second-order valence-corrected chi connectivity index (χ2v) is 4.32. The van der Waals surface area contributed by atoms with Crippen LogP contribution in [0.4, 0.5) is 5.95 Å². The van der Waals surface area contributed by atoms with Crippen LogP contribution in [0.3, 0.4) is 0 Å². The van der Waals surface area contributed by atoms with Gasteiger partial charge in [-0.05, 0) is 36.2 Å². The molecule has 0 bridgehead atoms. The largest absolute Gasteiger partial charge is 0.493 e. The van der Waals surface area contributed by atoms with Crippen molar-refractivity contribution in [2.45, 2.75) is 13.5 Å². The summed E-state index contributed by atoms with van der Waals surface area (Å²) in [7, 11) is 1.51. The molecule has 2 N–H and O–H groups in total. The summed E-state index contributed by atoms with van der Waals surface area (Å²) < 4.78 is 10.8. The third kappa shape index (κ3) is 3.93. The lowest BCUT2D eigenvalue weighted by Crippen LogP contribution is -2.05. The molecule has 0 aliphatic rings. The van der Waals surface area contributed by atoms with E-state index in [4.69, 9.17) is 26.2 Å². The van der Waals surface area contributed by atoms with Crippen molar-refractivity contribution in [2.24, 2.45) is 0 Å². The van der Waals surface area contributed by atoms with Crippen LogP contribution in [0.25, 0.3) is 0 Å². The standard InChI is InChI=1S/C13H15ClN4O3/c1-3-15-12-16-11(14)17-13(18-12)21-9-5-4-8(7-19)6-10(9)20-2/h4-6,19H,3,7H2,1-2H3,(H,15,16,17,18). The van der Waals surface area contributed by atoms with Crippen molar-refractivity contribution in [1.82, 2.24) is 15.0 Å². The summed E-state index contributed by atoms with van der Waals surface area (Å²) in [5.41, 5.74) is 0.709. The zero-order chi connectivity index (χ0) is 15.2. The molecule has 0 saturated carbocycles. The second kappa shape index (κ2) is 7.05. The molecule has 21 heavy (non-hydrogen) atoms. The summed E-state index contributed by atoms with van der Waals surface area (Å²) in [6, 6.07) is 5.10. The highest BCUT2D eigenvalue weighted by Gasteiger charge is 2.11. The summed E-state index contributed by atoms with van der Waals surface area (Å²) >= 11 is 5.83. The van der Waals surface area contributed by atoms with E-state index in [2.05, 4.69) is 20.3 Å². The number of aliphatic hydroxyl groups excluding tert-OH is 1. The average molecular weight is 311 g/mol. The molecule has 8 heteroatoms. The Morgan fingerprint density at radius 2 is 2.05 bits per heavy atom. The molecule has 0 amide bonds. The fourth-order valence-electron chi connectivity index (χ4n) is 1.61. The van der Waals surface area contributed by atoms with Gasteiger partial charge in [0.1, 0.15) is 0 Å². The van der Waals surface area contributed by atoms with Crippen molar-refractivity contribution in [3.63, 3.8) is 0 Å². The molecule has 7 nitrogen and oxygen atoms in total. The summed E-state index contributed by atoms with van der Waals surface area (Å²) in [5, 5.41) is 12.1. The second-order valence-electron chi connectivity index (χ2n) is 3.99. The van der Waals surface area contributed by atoms with E-state index < -0.39 is 0 Å². The van der Waals surface area contributed by atoms with E-state index in [0.29, 0.717) is 29.6 Å². The first-order valence-corrected chi connectivity index (χ1v) is 6.65. The van der Waals surface area contributed by atoms with Gasteiger partial charge in [-0.2, -0.15) is 15.0 Å². The van der Waals surface area contributed by atoms with Gasteiger partial charge in [-0.25, -0.2) is 0 Å². The molecular weight excluding hydrogens is 296 g/mol. The maximum Gasteiger partial charge on any atom is 0.328 e. The Morgan fingerprint density at radius 3 is 2.71 bits per heavy atom. The van der Waals surface area contributed by atoms with Gasteiger partial charge in [0.05, 0.1) is 13.7 Å². The lowest BCUT2D eigenvalue weighted by atomic mass is 10.2. The van der Waals surface area contributed by atoms with E-state index in [0.717, 1.165) is 0 Å². The van der Waals surface area contributed by atoms with E-state index in [1.54, 1.807) is 18.2 Å². The number of rotatable bonds is 6. The Labute approximate surface area is 126 Å². The molecule has 1 aromatic heterocycles.